The number of carbonyl (C=O) groups is 2. The van der Waals surface area contributed by atoms with Crippen molar-refractivity contribution in [3.63, 3.8) is 0 Å². The molecular weight excluding hydrogens is 492 g/mol. The van der Waals surface area contributed by atoms with E-state index < -0.39 is 16.1 Å². The number of nitro groups is 1. The Morgan fingerprint density at radius 3 is 2.49 bits per heavy atom. The lowest BCUT2D eigenvalue weighted by Gasteiger charge is -2.13. The number of nitrogens with zero attached hydrogens (tertiary/aromatic N) is 2. The van der Waals surface area contributed by atoms with Crippen molar-refractivity contribution < 1.29 is 24.0 Å². The molecule has 8 nitrogen and oxygen atoms in total. The first-order valence-corrected chi connectivity index (χ1v) is 11.7. The molecule has 0 aromatic heterocycles. The van der Waals surface area contributed by atoms with Gasteiger partial charge >= 0.3 is 0 Å². The number of rotatable bonds is 8. The molecule has 0 N–H and O–H groups in total. The van der Waals surface area contributed by atoms with Crippen LogP contribution in [0.4, 0.5) is 16.2 Å². The quantitative estimate of drug-likeness (QED) is 0.194. The van der Waals surface area contributed by atoms with Crippen LogP contribution in [0.25, 0.3) is 6.08 Å². The zero-order chi connectivity index (χ0) is 24.9. The minimum Gasteiger partial charge on any atom is -0.490 e. The molecule has 3 aromatic carbocycles. The Bertz CT molecular complexity index is 1330. The molecule has 1 fully saturated rings. The lowest BCUT2D eigenvalue weighted by molar-refractivity contribution is -0.384. The minimum atomic E-state index is -0.458. The summed E-state index contributed by atoms with van der Waals surface area (Å²) in [5.74, 6) is 0.519. The van der Waals surface area contributed by atoms with Gasteiger partial charge in [-0.2, -0.15) is 0 Å². The number of hydrogen-bond donors (Lipinski definition) is 0. The maximum atomic E-state index is 12.9. The van der Waals surface area contributed by atoms with Gasteiger partial charge in [0.25, 0.3) is 16.8 Å². The summed E-state index contributed by atoms with van der Waals surface area (Å²) in [5, 5.41) is 10.8. The Kier molecular flexibility index (Phi) is 7.38. The Morgan fingerprint density at radius 2 is 1.80 bits per heavy atom. The number of benzene rings is 3. The van der Waals surface area contributed by atoms with Crippen LogP contribution < -0.4 is 14.4 Å². The van der Waals surface area contributed by atoms with E-state index in [0.717, 1.165) is 22.2 Å². The molecule has 2 amide bonds. The molecule has 0 atom stereocenters. The van der Waals surface area contributed by atoms with Crippen molar-refractivity contribution in [2.24, 2.45) is 0 Å². The standard InChI is InChI=1S/C25H19ClN2O6S/c1-2-33-22-12-17(8-11-21(22)34-15-16-6-9-19(10-7-16)28(31)32)13-23-24(29)27(25(30)35-23)20-5-3-4-18(26)14-20/h3-14H,2,15H2,1H3/b23-13+. The van der Waals surface area contributed by atoms with Gasteiger partial charge in [0, 0.05) is 17.2 Å². The Labute approximate surface area is 210 Å². The van der Waals surface area contributed by atoms with Crippen LogP contribution in [0.5, 0.6) is 11.5 Å². The van der Waals surface area contributed by atoms with E-state index in [-0.39, 0.29) is 17.2 Å². The van der Waals surface area contributed by atoms with Crippen LogP contribution in [-0.4, -0.2) is 22.7 Å². The minimum absolute atomic E-state index is 0.00730. The molecule has 1 aliphatic heterocycles. The van der Waals surface area contributed by atoms with Gasteiger partial charge in [0.2, 0.25) is 0 Å². The monoisotopic (exact) mass is 510 g/mol. The van der Waals surface area contributed by atoms with Gasteiger partial charge in [0.1, 0.15) is 6.61 Å². The third-order valence-corrected chi connectivity index (χ3v) is 6.07. The number of halogens is 1. The third-order valence-electron chi connectivity index (χ3n) is 4.97. The van der Waals surface area contributed by atoms with Gasteiger partial charge in [-0.15, -0.1) is 0 Å². The van der Waals surface area contributed by atoms with E-state index in [2.05, 4.69) is 0 Å². The fraction of sp³-hybridized carbons (Fsp3) is 0.120. The highest BCUT2D eigenvalue weighted by Gasteiger charge is 2.36. The van der Waals surface area contributed by atoms with Gasteiger partial charge in [-0.05, 0) is 78.4 Å². The molecule has 0 aliphatic carbocycles. The molecule has 4 rings (SSSR count). The Morgan fingerprint density at radius 1 is 1.03 bits per heavy atom. The lowest BCUT2D eigenvalue weighted by atomic mass is 10.1. The largest absolute Gasteiger partial charge is 0.490 e. The van der Waals surface area contributed by atoms with Crippen molar-refractivity contribution in [2.75, 3.05) is 11.5 Å². The van der Waals surface area contributed by atoms with Gasteiger partial charge < -0.3 is 9.47 Å². The number of carbonyl (C=O) groups excluding carboxylic acids is 2. The molecule has 10 heteroatoms. The molecular formula is C25H19ClN2O6S. The van der Waals surface area contributed by atoms with Crippen molar-refractivity contribution in [1.29, 1.82) is 0 Å². The van der Waals surface area contributed by atoms with Crippen molar-refractivity contribution in [3.05, 3.63) is 97.9 Å². The first-order chi connectivity index (χ1) is 16.9. The second-order valence-electron chi connectivity index (χ2n) is 7.35. The highest BCUT2D eigenvalue weighted by atomic mass is 35.5. The molecule has 1 heterocycles. The van der Waals surface area contributed by atoms with E-state index in [0.29, 0.717) is 34.4 Å². The number of thioether (sulfide) groups is 1. The molecule has 0 spiro atoms. The van der Waals surface area contributed by atoms with Crippen LogP contribution in [0.2, 0.25) is 5.02 Å². The molecule has 0 saturated carbocycles. The first-order valence-electron chi connectivity index (χ1n) is 10.5. The summed E-state index contributed by atoms with van der Waals surface area (Å²) in [7, 11) is 0. The van der Waals surface area contributed by atoms with Crippen LogP contribution in [0.1, 0.15) is 18.1 Å². The van der Waals surface area contributed by atoms with E-state index >= 15 is 0 Å². The number of nitro benzene ring substituents is 1. The molecule has 1 saturated heterocycles. The molecule has 0 radical (unpaired) electrons. The van der Waals surface area contributed by atoms with E-state index in [1.807, 2.05) is 6.92 Å². The van der Waals surface area contributed by atoms with Crippen LogP contribution in [0.15, 0.2) is 71.6 Å². The van der Waals surface area contributed by atoms with Gasteiger partial charge in [-0.1, -0.05) is 23.7 Å². The van der Waals surface area contributed by atoms with Crippen LogP contribution in [0, 0.1) is 10.1 Å². The summed E-state index contributed by atoms with van der Waals surface area (Å²) < 4.78 is 11.6. The number of hydrogen-bond acceptors (Lipinski definition) is 7. The average molecular weight is 511 g/mol. The molecule has 0 unspecified atom stereocenters. The van der Waals surface area contributed by atoms with Crippen molar-refractivity contribution in [2.45, 2.75) is 13.5 Å². The number of ether oxygens (including phenoxy) is 2. The van der Waals surface area contributed by atoms with Gasteiger partial charge in [0.15, 0.2) is 11.5 Å². The van der Waals surface area contributed by atoms with Gasteiger partial charge in [0.05, 0.1) is 22.1 Å². The summed E-state index contributed by atoms with van der Waals surface area (Å²) in [4.78, 5) is 37.1. The zero-order valence-corrected chi connectivity index (χ0v) is 20.0. The van der Waals surface area contributed by atoms with Crippen LogP contribution >= 0.6 is 23.4 Å². The Hall–Kier alpha value is -3.82. The highest BCUT2D eigenvalue weighted by Crippen LogP contribution is 2.37. The molecule has 35 heavy (non-hydrogen) atoms. The van der Waals surface area contributed by atoms with E-state index in [9.17, 15) is 19.7 Å². The van der Waals surface area contributed by atoms with Crippen LogP contribution in [0.3, 0.4) is 0 Å². The summed E-state index contributed by atoms with van der Waals surface area (Å²) in [5.41, 5.74) is 1.84. The Balaban J connectivity index is 1.52. The SMILES string of the molecule is CCOc1cc(/C=C2/SC(=O)N(c3cccc(Cl)c3)C2=O)ccc1OCc1ccc([N+](=O)[O-])cc1. The second-order valence-corrected chi connectivity index (χ2v) is 8.78. The van der Waals surface area contributed by atoms with Crippen molar-refractivity contribution in [1.82, 2.24) is 0 Å². The topological polar surface area (TPSA) is 99.0 Å². The smallest absolute Gasteiger partial charge is 0.298 e. The predicted octanol–water partition coefficient (Wildman–Crippen LogP) is 6.47. The molecule has 1 aliphatic rings. The first kappa shape index (κ1) is 24.3. The number of non-ortho nitro benzene ring substituents is 1. The molecule has 178 valence electrons. The normalized spacial score (nSPS) is 14.5. The predicted molar refractivity (Wildman–Crippen MR) is 135 cm³/mol. The summed E-state index contributed by atoms with van der Waals surface area (Å²) in [6, 6.07) is 17.8. The highest BCUT2D eigenvalue weighted by molar-refractivity contribution is 8.19. The van der Waals surface area contributed by atoms with Gasteiger partial charge in [-0.3, -0.25) is 19.7 Å². The maximum absolute atomic E-state index is 12.9. The number of imide groups is 1. The maximum Gasteiger partial charge on any atom is 0.298 e. The van der Waals surface area contributed by atoms with Gasteiger partial charge in [-0.25, -0.2) is 4.90 Å². The summed E-state index contributed by atoms with van der Waals surface area (Å²) in [6.45, 7) is 2.42. The van der Waals surface area contributed by atoms with Crippen molar-refractivity contribution >= 4 is 52.0 Å². The summed E-state index contributed by atoms with van der Waals surface area (Å²) in [6.07, 6.45) is 1.62. The van der Waals surface area contributed by atoms with Crippen molar-refractivity contribution in [3.8, 4) is 11.5 Å². The van der Waals surface area contributed by atoms with Crippen LogP contribution in [-0.2, 0) is 11.4 Å². The fourth-order valence-electron chi connectivity index (χ4n) is 3.33. The third kappa shape index (κ3) is 5.64. The van der Waals surface area contributed by atoms with E-state index in [1.54, 1.807) is 60.7 Å². The van der Waals surface area contributed by atoms with E-state index in [4.69, 9.17) is 21.1 Å². The number of anilines is 1. The molecule has 0 bridgehead atoms. The fourth-order valence-corrected chi connectivity index (χ4v) is 4.36. The van der Waals surface area contributed by atoms with E-state index in [1.165, 1.54) is 12.1 Å². The second kappa shape index (κ2) is 10.6. The average Bonchev–Trinajstić information content (AvgIpc) is 3.11. The number of amides is 2. The lowest BCUT2D eigenvalue weighted by Crippen LogP contribution is -2.27. The summed E-state index contributed by atoms with van der Waals surface area (Å²) >= 11 is 6.85. The zero-order valence-electron chi connectivity index (χ0n) is 18.5. The molecule has 3 aromatic rings.